The van der Waals surface area contributed by atoms with Gasteiger partial charge < -0.3 is 0 Å². The van der Waals surface area contributed by atoms with Crippen LogP contribution >= 0.6 is 11.6 Å². The fraction of sp³-hybridized carbons (Fsp3) is 0.261. The zero-order valence-electron chi connectivity index (χ0n) is 16.2. The van der Waals surface area contributed by atoms with E-state index in [-0.39, 0.29) is 11.9 Å². The number of rotatable bonds is 3. The first-order valence-electron chi connectivity index (χ1n) is 9.50. The number of hydrazone groups is 1. The number of aryl methyl sites for hydroxylation is 2. The fourth-order valence-corrected chi connectivity index (χ4v) is 3.99. The molecule has 0 saturated heterocycles. The third kappa shape index (κ3) is 3.29. The van der Waals surface area contributed by atoms with E-state index in [0.29, 0.717) is 11.6 Å². The van der Waals surface area contributed by atoms with Gasteiger partial charge in [-0.2, -0.15) is 5.10 Å². The number of hydrogen-bond donors (Lipinski definition) is 0. The lowest BCUT2D eigenvalue weighted by Gasteiger charge is -2.21. The Hall–Kier alpha value is -2.72. The minimum absolute atomic E-state index is 0.106. The second kappa shape index (κ2) is 7.36. The first-order valence-corrected chi connectivity index (χ1v) is 9.88. The maximum atomic E-state index is 12.3. The minimum Gasteiger partial charge on any atom is -0.273 e. The second-order valence-electron chi connectivity index (χ2n) is 7.20. The fourth-order valence-electron chi connectivity index (χ4n) is 3.72. The lowest BCUT2D eigenvalue weighted by Crippen LogP contribution is -2.24. The molecule has 28 heavy (non-hydrogen) atoms. The summed E-state index contributed by atoms with van der Waals surface area (Å²) in [6.45, 7) is 5.68. The van der Waals surface area contributed by atoms with E-state index in [1.54, 1.807) is 0 Å². The molecule has 0 unspecified atom stereocenters. The molecule has 0 N–H and O–H groups in total. The molecular formula is C23H22ClN3O. The highest BCUT2D eigenvalue weighted by molar-refractivity contribution is 6.30. The molecule has 0 fully saturated rings. The van der Waals surface area contributed by atoms with Gasteiger partial charge in [-0.15, -0.1) is 0 Å². The van der Waals surface area contributed by atoms with Crippen LogP contribution in [0.2, 0.25) is 5.15 Å². The minimum atomic E-state index is -0.247. The van der Waals surface area contributed by atoms with E-state index in [4.69, 9.17) is 11.6 Å². The highest BCUT2D eigenvalue weighted by Gasteiger charge is 2.33. The van der Waals surface area contributed by atoms with Gasteiger partial charge in [0.1, 0.15) is 5.15 Å². The Kier molecular flexibility index (Phi) is 4.90. The Morgan fingerprint density at radius 3 is 2.64 bits per heavy atom. The predicted molar refractivity (Wildman–Crippen MR) is 114 cm³/mol. The summed E-state index contributed by atoms with van der Waals surface area (Å²) in [5, 5.41) is 7.60. The molecule has 0 spiro atoms. The molecule has 4 rings (SSSR count). The van der Waals surface area contributed by atoms with Gasteiger partial charge in [0.2, 0.25) is 5.91 Å². The Balaban J connectivity index is 1.74. The molecule has 2 heterocycles. The highest BCUT2D eigenvalue weighted by Crippen LogP contribution is 2.37. The summed E-state index contributed by atoms with van der Waals surface area (Å²) in [4.78, 5) is 16.9. The molecule has 1 atom stereocenters. The topological polar surface area (TPSA) is 45.6 Å². The standard InChI is InChI=1S/C23H22ClN3O/c1-4-16-8-10-17(11-9-16)20-13-21(27(26-20)15(3)28)19-12-18-7-5-6-14(2)22(18)25-23(19)24/h5-12,21H,4,13H2,1-3H3/t21-/m0/s1. The van der Waals surface area contributed by atoms with Crippen molar-refractivity contribution in [1.29, 1.82) is 0 Å². The molecule has 1 amide bonds. The van der Waals surface area contributed by atoms with Crippen molar-refractivity contribution in [2.75, 3.05) is 0 Å². The van der Waals surface area contributed by atoms with Gasteiger partial charge in [0.25, 0.3) is 0 Å². The molecule has 0 aliphatic carbocycles. The van der Waals surface area contributed by atoms with Crippen molar-refractivity contribution >= 4 is 34.1 Å². The van der Waals surface area contributed by atoms with Crippen molar-refractivity contribution in [2.24, 2.45) is 5.10 Å². The third-order valence-corrected chi connectivity index (χ3v) is 5.62. The van der Waals surface area contributed by atoms with Gasteiger partial charge >= 0.3 is 0 Å². The zero-order chi connectivity index (χ0) is 19.8. The maximum Gasteiger partial charge on any atom is 0.240 e. The number of fused-ring (bicyclic) bond motifs is 1. The molecule has 142 valence electrons. The quantitative estimate of drug-likeness (QED) is 0.557. The smallest absolute Gasteiger partial charge is 0.240 e. The molecule has 3 aromatic rings. The van der Waals surface area contributed by atoms with Crippen LogP contribution in [0.3, 0.4) is 0 Å². The van der Waals surface area contributed by atoms with Crippen molar-refractivity contribution < 1.29 is 4.79 Å². The summed E-state index contributed by atoms with van der Waals surface area (Å²) in [7, 11) is 0. The van der Waals surface area contributed by atoms with Gasteiger partial charge in [0.15, 0.2) is 0 Å². The third-order valence-electron chi connectivity index (χ3n) is 5.32. The summed E-state index contributed by atoms with van der Waals surface area (Å²) in [5.41, 5.74) is 6.00. The molecule has 1 aliphatic rings. The van der Waals surface area contributed by atoms with E-state index in [9.17, 15) is 4.79 Å². The van der Waals surface area contributed by atoms with Gasteiger partial charge in [0, 0.05) is 24.3 Å². The van der Waals surface area contributed by atoms with E-state index < -0.39 is 0 Å². The van der Waals surface area contributed by atoms with Crippen molar-refractivity contribution in [1.82, 2.24) is 9.99 Å². The Morgan fingerprint density at radius 2 is 1.96 bits per heavy atom. The van der Waals surface area contributed by atoms with E-state index in [2.05, 4.69) is 41.3 Å². The average Bonchev–Trinajstić information content (AvgIpc) is 3.14. The number of para-hydroxylation sites is 1. The number of pyridine rings is 1. The van der Waals surface area contributed by atoms with Crippen LogP contribution in [-0.2, 0) is 11.2 Å². The Bertz CT molecular complexity index is 1090. The van der Waals surface area contributed by atoms with Gasteiger partial charge in [-0.3, -0.25) is 4.79 Å². The highest BCUT2D eigenvalue weighted by atomic mass is 35.5. The van der Waals surface area contributed by atoms with E-state index in [0.717, 1.165) is 39.7 Å². The number of nitrogens with zero attached hydrogens (tertiary/aromatic N) is 3. The van der Waals surface area contributed by atoms with Crippen molar-refractivity contribution in [3.8, 4) is 0 Å². The van der Waals surface area contributed by atoms with Crippen LogP contribution in [0.25, 0.3) is 10.9 Å². The predicted octanol–water partition coefficient (Wildman–Crippen LogP) is 5.46. The van der Waals surface area contributed by atoms with Crippen LogP contribution in [-0.4, -0.2) is 21.6 Å². The molecule has 2 aromatic carbocycles. The second-order valence-corrected chi connectivity index (χ2v) is 7.55. The number of hydrogen-bond acceptors (Lipinski definition) is 3. The molecule has 1 aliphatic heterocycles. The van der Waals surface area contributed by atoms with Crippen molar-refractivity contribution in [2.45, 2.75) is 39.7 Å². The first kappa shape index (κ1) is 18.6. The number of benzene rings is 2. The van der Waals surface area contributed by atoms with Gasteiger partial charge in [0.05, 0.1) is 17.3 Å². The van der Waals surface area contributed by atoms with Gasteiger partial charge in [-0.05, 0) is 36.1 Å². The largest absolute Gasteiger partial charge is 0.273 e. The van der Waals surface area contributed by atoms with Crippen LogP contribution in [0, 0.1) is 6.92 Å². The number of carbonyl (C=O) groups excluding carboxylic acids is 1. The summed E-state index contributed by atoms with van der Waals surface area (Å²) >= 11 is 6.56. The molecule has 4 nitrogen and oxygen atoms in total. The number of halogens is 1. The summed E-state index contributed by atoms with van der Waals surface area (Å²) < 4.78 is 0. The molecule has 0 saturated carbocycles. The summed E-state index contributed by atoms with van der Waals surface area (Å²) in [6, 6.07) is 16.2. The number of aromatic nitrogens is 1. The van der Waals surface area contributed by atoms with Crippen LogP contribution in [0.5, 0.6) is 0 Å². The first-order chi connectivity index (χ1) is 13.5. The monoisotopic (exact) mass is 391 g/mol. The number of carbonyl (C=O) groups is 1. The number of amides is 1. The van der Waals surface area contributed by atoms with E-state index in [1.165, 1.54) is 17.5 Å². The lowest BCUT2D eigenvalue weighted by atomic mass is 9.97. The van der Waals surface area contributed by atoms with Crippen LogP contribution in [0.1, 0.15) is 48.6 Å². The van der Waals surface area contributed by atoms with Gasteiger partial charge in [-0.1, -0.05) is 61.0 Å². The van der Waals surface area contributed by atoms with E-state index in [1.807, 2.05) is 31.2 Å². The Morgan fingerprint density at radius 1 is 1.21 bits per heavy atom. The van der Waals surface area contributed by atoms with Crippen LogP contribution in [0.4, 0.5) is 0 Å². The SMILES string of the molecule is CCc1ccc(C2=NN(C(C)=O)[C@H](c3cc4cccc(C)c4nc3Cl)C2)cc1. The average molecular weight is 392 g/mol. The molecule has 5 heteroatoms. The van der Waals surface area contributed by atoms with Gasteiger partial charge in [-0.25, -0.2) is 9.99 Å². The molecule has 0 bridgehead atoms. The Labute approximate surface area is 169 Å². The molecule has 0 radical (unpaired) electrons. The lowest BCUT2D eigenvalue weighted by molar-refractivity contribution is -0.130. The molecule has 1 aromatic heterocycles. The van der Waals surface area contributed by atoms with Crippen molar-refractivity contribution in [3.63, 3.8) is 0 Å². The van der Waals surface area contributed by atoms with E-state index >= 15 is 0 Å². The zero-order valence-corrected chi connectivity index (χ0v) is 17.0. The van der Waals surface area contributed by atoms with Crippen LogP contribution in [0.15, 0.2) is 53.6 Å². The summed E-state index contributed by atoms with van der Waals surface area (Å²) in [6.07, 6.45) is 1.61. The molecular weight excluding hydrogens is 370 g/mol. The normalized spacial score (nSPS) is 16.5. The summed E-state index contributed by atoms with van der Waals surface area (Å²) in [5.74, 6) is -0.106. The van der Waals surface area contributed by atoms with Crippen molar-refractivity contribution in [3.05, 3.63) is 75.9 Å². The van der Waals surface area contributed by atoms with Crippen LogP contribution < -0.4 is 0 Å². The maximum absolute atomic E-state index is 12.3.